The van der Waals surface area contributed by atoms with E-state index in [-0.39, 0.29) is 19.4 Å². The van der Waals surface area contributed by atoms with Crippen LogP contribution in [0.2, 0.25) is 0 Å². The normalized spacial score (nSPS) is 27.8. The van der Waals surface area contributed by atoms with Gasteiger partial charge >= 0.3 is 23.5 Å². The highest BCUT2D eigenvalue weighted by atomic mass is 31.3. The van der Waals surface area contributed by atoms with E-state index < -0.39 is 141 Å². The summed E-state index contributed by atoms with van der Waals surface area (Å²) in [5, 5.41) is 70.0. The number of aliphatic hydroxyl groups excluding tert-OH is 6. The lowest BCUT2D eigenvalue weighted by Gasteiger charge is -2.45. The number of nitrogens with one attached hydrogen (secondary N) is 2. The van der Waals surface area contributed by atoms with Crippen LogP contribution in [0.3, 0.4) is 0 Å². The van der Waals surface area contributed by atoms with Gasteiger partial charge in [0.2, 0.25) is 11.8 Å². The smallest absolute Gasteiger partial charge is 0.394 e. The van der Waals surface area contributed by atoms with Gasteiger partial charge in [0.05, 0.1) is 44.9 Å². The molecule has 2 rings (SSSR count). The predicted octanol–water partition coefficient (Wildman–Crippen LogP) is 2.53. The number of hydrogen-bond donors (Lipinski definition) is 13. The number of rotatable bonds is 39. The van der Waals surface area contributed by atoms with Crippen LogP contribution in [0.1, 0.15) is 155 Å². The Bertz CT molecular complexity index is 1600. The first-order chi connectivity index (χ1) is 33.1. The van der Waals surface area contributed by atoms with Crippen LogP contribution in [0, 0.1) is 0 Å². The van der Waals surface area contributed by atoms with E-state index in [1.165, 1.54) is 25.7 Å². The lowest BCUT2D eigenvalue weighted by Crippen LogP contribution is -2.67. The number of aliphatic hydroxyl groups is 6. The molecule has 0 aromatic carbocycles. The molecule has 0 bridgehead atoms. The summed E-state index contributed by atoms with van der Waals surface area (Å²) in [5.41, 5.74) is 5.24. The summed E-state index contributed by atoms with van der Waals surface area (Å²) < 4.78 is 72.7. The Morgan fingerprint density at radius 1 is 0.614 bits per heavy atom. The maximum atomic E-state index is 13.4. The lowest BCUT2D eigenvalue weighted by atomic mass is 9.95. The molecule has 414 valence electrons. The number of unbranched alkanes of at least 4 members (excludes halogenated alkanes) is 16. The summed E-state index contributed by atoms with van der Waals surface area (Å²) in [7, 11) is -16.4. The molecule has 0 saturated carbocycles. The summed E-state index contributed by atoms with van der Waals surface area (Å²) in [6.45, 7) is 1.41. The number of phosphoric ester groups is 3. The van der Waals surface area contributed by atoms with Gasteiger partial charge in [-0.1, -0.05) is 129 Å². The van der Waals surface area contributed by atoms with Crippen LogP contribution < -0.4 is 16.4 Å². The minimum absolute atomic E-state index is 0.238. The van der Waals surface area contributed by atoms with Crippen molar-refractivity contribution in [1.29, 1.82) is 0 Å². The third kappa shape index (κ3) is 26.4. The topological polar surface area (TPSA) is 402 Å². The van der Waals surface area contributed by atoms with Crippen molar-refractivity contribution in [2.75, 3.05) is 26.4 Å². The largest absolute Gasteiger partial charge is 0.481 e. The summed E-state index contributed by atoms with van der Waals surface area (Å²) in [5.74, 6) is -1.77. The van der Waals surface area contributed by atoms with Crippen molar-refractivity contribution in [2.24, 2.45) is 5.73 Å². The third-order valence-corrected chi connectivity index (χ3v) is 15.0. The Kier molecular flexibility index (Phi) is 32.0. The van der Waals surface area contributed by atoms with Gasteiger partial charge in [-0.05, 0) is 12.8 Å². The van der Waals surface area contributed by atoms with Gasteiger partial charge in [-0.15, -0.1) is 0 Å². The maximum absolute atomic E-state index is 13.4. The van der Waals surface area contributed by atoms with Crippen LogP contribution in [0.25, 0.3) is 0 Å². The van der Waals surface area contributed by atoms with Crippen LogP contribution in [-0.4, -0.2) is 162 Å². The fourth-order valence-corrected chi connectivity index (χ4v) is 10.9. The van der Waals surface area contributed by atoms with Crippen molar-refractivity contribution in [3.05, 3.63) is 0 Å². The summed E-state index contributed by atoms with van der Waals surface area (Å²) in [6, 6.07) is -3.65. The van der Waals surface area contributed by atoms with Crippen molar-refractivity contribution in [3.8, 4) is 0 Å². The molecular weight excluding hydrogens is 991 g/mol. The van der Waals surface area contributed by atoms with Crippen LogP contribution in [0.5, 0.6) is 0 Å². The minimum atomic E-state index is -5.68. The number of carbonyl (C=O) groups is 2. The van der Waals surface area contributed by atoms with Crippen molar-refractivity contribution < 1.29 is 106 Å². The molecule has 2 saturated heterocycles. The molecule has 2 heterocycles. The number of amides is 2. The second-order valence-corrected chi connectivity index (χ2v) is 22.2. The van der Waals surface area contributed by atoms with Crippen molar-refractivity contribution in [1.82, 2.24) is 10.6 Å². The lowest BCUT2D eigenvalue weighted by molar-refractivity contribution is -0.294. The van der Waals surface area contributed by atoms with E-state index in [2.05, 4.69) is 33.3 Å². The first kappa shape index (κ1) is 65.0. The number of ether oxygens (including phenoxy) is 3. The number of hydrogen-bond acceptors (Lipinski definition) is 19. The Morgan fingerprint density at radius 3 is 1.50 bits per heavy atom. The SMILES string of the molecule is CCCCCCCCCCC[C@@H](O)CC(=O)NC1C(O)[C@H](O)C(CO[C@@H]2O[C@@H](CO)[C@@H](OP(=O)(O)OP(=O)(O)OCCN)C(O)C2NC(=O)C[C@H](O)CCCCCCCCCCC)O[C@@H]1OP(=O)(O)O. The van der Waals surface area contributed by atoms with Gasteiger partial charge in [0.1, 0.15) is 48.7 Å². The fourth-order valence-electron chi connectivity index (χ4n) is 8.13. The quantitative estimate of drug-likeness (QED) is 0.0311. The average Bonchev–Trinajstić information content (AvgIpc) is 3.27. The Morgan fingerprint density at radius 2 is 1.06 bits per heavy atom. The van der Waals surface area contributed by atoms with Gasteiger partial charge in [0, 0.05) is 6.54 Å². The third-order valence-electron chi connectivity index (χ3n) is 11.8. The van der Waals surface area contributed by atoms with Crippen LogP contribution in [0.15, 0.2) is 0 Å². The summed E-state index contributed by atoms with van der Waals surface area (Å²) in [6.07, 6.45) is -0.304. The summed E-state index contributed by atoms with van der Waals surface area (Å²) >= 11 is 0. The molecule has 28 heteroatoms. The van der Waals surface area contributed by atoms with E-state index in [9.17, 15) is 73.5 Å². The van der Waals surface area contributed by atoms with Gasteiger partial charge in [-0.3, -0.25) is 23.2 Å². The predicted molar refractivity (Wildman–Crippen MR) is 251 cm³/mol. The molecule has 25 nitrogen and oxygen atoms in total. The molecule has 2 fully saturated rings. The van der Waals surface area contributed by atoms with Crippen molar-refractivity contribution in [2.45, 2.75) is 229 Å². The molecule has 0 aromatic rings. The van der Waals surface area contributed by atoms with Crippen LogP contribution in [-0.2, 0) is 55.4 Å². The minimum Gasteiger partial charge on any atom is -0.394 e. The van der Waals surface area contributed by atoms with Gasteiger partial charge in [-0.2, -0.15) is 4.31 Å². The highest BCUT2D eigenvalue weighted by Crippen LogP contribution is 2.61. The zero-order chi connectivity index (χ0) is 52.3. The van der Waals surface area contributed by atoms with E-state index in [0.29, 0.717) is 12.8 Å². The first-order valence-corrected chi connectivity index (χ1v) is 29.2. The van der Waals surface area contributed by atoms with E-state index >= 15 is 0 Å². The Hall–Kier alpha value is -1.09. The molecule has 14 N–H and O–H groups in total. The zero-order valence-corrected chi connectivity index (χ0v) is 43.3. The molecule has 0 spiro atoms. The average molecular weight is 1080 g/mol. The van der Waals surface area contributed by atoms with Crippen LogP contribution >= 0.6 is 23.5 Å². The molecule has 70 heavy (non-hydrogen) atoms. The maximum Gasteiger partial charge on any atom is 0.481 e. The second-order valence-electron chi connectivity index (χ2n) is 18.0. The molecule has 2 amide bonds. The van der Waals surface area contributed by atoms with Gasteiger partial charge in [0.15, 0.2) is 12.6 Å². The van der Waals surface area contributed by atoms with E-state index in [1.54, 1.807) is 0 Å². The number of nitrogens with two attached hydrogens (primary N) is 1. The van der Waals surface area contributed by atoms with Crippen LogP contribution in [0.4, 0.5) is 0 Å². The van der Waals surface area contributed by atoms with Gasteiger partial charge in [0.25, 0.3) is 0 Å². The summed E-state index contributed by atoms with van der Waals surface area (Å²) in [4.78, 5) is 66.0. The molecule has 14 atom stereocenters. The highest BCUT2D eigenvalue weighted by molar-refractivity contribution is 7.61. The fraction of sp³-hybridized carbons (Fsp3) is 0.952. The van der Waals surface area contributed by atoms with Gasteiger partial charge in [-0.25, -0.2) is 13.7 Å². The molecular formula is C42H84N3O22P3. The number of phosphoric acid groups is 3. The van der Waals surface area contributed by atoms with E-state index in [1.807, 2.05) is 0 Å². The Balaban J connectivity index is 2.20. The molecule has 7 unspecified atom stereocenters. The number of carbonyl (C=O) groups excluding carboxylic acids is 2. The van der Waals surface area contributed by atoms with Crippen molar-refractivity contribution in [3.63, 3.8) is 0 Å². The molecule has 2 aliphatic rings. The van der Waals surface area contributed by atoms with Crippen molar-refractivity contribution >= 4 is 35.3 Å². The van der Waals surface area contributed by atoms with Gasteiger partial charge < -0.3 is 80.8 Å². The van der Waals surface area contributed by atoms with E-state index in [0.717, 1.165) is 77.0 Å². The molecule has 0 aliphatic carbocycles. The Labute approximate surface area is 411 Å². The zero-order valence-electron chi connectivity index (χ0n) is 40.6. The molecule has 0 aromatic heterocycles. The first-order valence-electron chi connectivity index (χ1n) is 24.7. The van der Waals surface area contributed by atoms with E-state index in [4.69, 9.17) is 29.0 Å². The monoisotopic (exact) mass is 1080 g/mol. The highest BCUT2D eigenvalue weighted by Gasteiger charge is 2.53. The standard InChI is InChI=1S/C42H84N3O22P3/c1-3-5-7-9-11-13-15-17-19-21-29(47)25-33(49)44-35-38(52)37(51)32(64-42(35)66-68(54,55)56)28-61-41-36(45-34(50)26-30(48)22-20-18-16-14-12-10-8-6-4-2)39(53)40(31(27-46)63-41)65-70(59,60)67-69(57,58)62-24-23-43/h29-32,35-42,46-48,51-53H,3-28,43H2,1-2H3,(H,44,49)(H,45,50)(H,57,58)(H,59,60)(H2,54,55,56)/t29-,30-,31+,32?,35?,36?,37-,38?,39?,40-,41-,42-/m1/s1. The molecule has 0 radical (unpaired) electrons. The second kappa shape index (κ2) is 34.5. The molecule has 2 aliphatic heterocycles.